The number of aryl methyl sites for hydroxylation is 1. The van der Waals surface area contributed by atoms with Gasteiger partial charge in [-0.15, -0.1) is 0 Å². The van der Waals surface area contributed by atoms with Crippen molar-refractivity contribution in [2.45, 2.75) is 18.4 Å². The molecular weight excluding hydrogens is 305 g/mol. The number of nitrogens with one attached hydrogen (secondary N) is 1. The Morgan fingerprint density at radius 2 is 2.05 bits per heavy atom. The highest BCUT2D eigenvalue weighted by molar-refractivity contribution is 6.33. The number of aliphatic hydroxyl groups is 1. The second kappa shape index (κ2) is 5.71. The van der Waals surface area contributed by atoms with Crippen molar-refractivity contribution in [3.8, 4) is 0 Å². The lowest BCUT2D eigenvalue weighted by molar-refractivity contribution is 0.0369. The molecule has 0 fully saturated rings. The Bertz CT molecular complexity index is 714. The summed E-state index contributed by atoms with van der Waals surface area (Å²) in [5, 5.41) is 13.4. The van der Waals surface area contributed by atoms with Gasteiger partial charge in [0.1, 0.15) is 11.4 Å². The molecule has 1 aliphatic rings. The van der Waals surface area contributed by atoms with Crippen LogP contribution in [0.4, 0.5) is 4.39 Å². The molecule has 0 spiro atoms. The second-order valence-corrected chi connectivity index (χ2v) is 5.88. The molecule has 2 N–H and O–H groups in total. The van der Waals surface area contributed by atoms with Crippen molar-refractivity contribution in [1.29, 1.82) is 0 Å². The van der Waals surface area contributed by atoms with Crippen LogP contribution < -0.4 is 5.32 Å². The summed E-state index contributed by atoms with van der Waals surface area (Å²) in [6.45, 7) is 0.0213. The molecule has 1 atom stereocenters. The first kappa shape index (κ1) is 15.0. The first-order valence-corrected chi connectivity index (χ1v) is 7.42. The fourth-order valence-electron chi connectivity index (χ4n) is 2.88. The van der Waals surface area contributed by atoms with Crippen LogP contribution in [0.15, 0.2) is 42.5 Å². The molecule has 0 aliphatic heterocycles. The Hall–Kier alpha value is -1.91. The van der Waals surface area contributed by atoms with E-state index in [4.69, 9.17) is 11.6 Å². The van der Waals surface area contributed by atoms with Gasteiger partial charge in [0.15, 0.2) is 0 Å². The number of rotatable bonds is 3. The average molecular weight is 320 g/mol. The number of hydrogen-bond donors (Lipinski definition) is 2. The molecular formula is C17H15ClFNO2. The Kier molecular flexibility index (Phi) is 3.89. The molecule has 0 heterocycles. The van der Waals surface area contributed by atoms with Crippen LogP contribution in [-0.2, 0) is 12.0 Å². The van der Waals surface area contributed by atoms with Crippen LogP contribution >= 0.6 is 11.6 Å². The zero-order valence-corrected chi connectivity index (χ0v) is 12.5. The molecule has 2 aromatic rings. The summed E-state index contributed by atoms with van der Waals surface area (Å²) in [5.41, 5.74) is 0.571. The van der Waals surface area contributed by atoms with Crippen LogP contribution in [0.5, 0.6) is 0 Å². The van der Waals surface area contributed by atoms with Gasteiger partial charge in [0.2, 0.25) is 0 Å². The van der Waals surface area contributed by atoms with E-state index in [1.165, 1.54) is 18.2 Å². The van der Waals surface area contributed by atoms with Crippen LogP contribution in [0, 0.1) is 5.82 Å². The Labute approximate surface area is 132 Å². The van der Waals surface area contributed by atoms with E-state index in [-0.39, 0.29) is 17.1 Å². The molecule has 0 saturated carbocycles. The molecule has 1 unspecified atom stereocenters. The molecule has 3 rings (SSSR count). The Morgan fingerprint density at radius 1 is 1.27 bits per heavy atom. The molecule has 0 radical (unpaired) electrons. The highest BCUT2D eigenvalue weighted by atomic mass is 35.5. The summed E-state index contributed by atoms with van der Waals surface area (Å²) in [7, 11) is 0. The van der Waals surface area contributed by atoms with Gasteiger partial charge < -0.3 is 10.4 Å². The zero-order chi connectivity index (χ0) is 15.7. The van der Waals surface area contributed by atoms with E-state index in [2.05, 4.69) is 5.32 Å². The van der Waals surface area contributed by atoms with E-state index < -0.39 is 17.3 Å². The molecule has 0 saturated heterocycles. The van der Waals surface area contributed by atoms with Gasteiger partial charge in [0, 0.05) is 0 Å². The summed E-state index contributed by atoms with van der Waals surface area (Å²) in [6, 6.07) is 11.7. The summed E-state index contributed by atoms with van der Waals surface area (Å²) in [5.74, 6) is -1.30. The minimum Gasteiger partial charge on any atom is -0.383 e. The fourth-order valence-corrected chi connectivity index (χ4v) is 3.13. The first-order chi connectivity index (χ1) is 10.5. The molecule has 0 aromatic heterocycles. The van der Waals surface area contributed by atoms with Gasteiger partial charge >= 0.3 is 0 Å². The number of amides is 1. The van der Waals surface area contributed by atoms with E-state index in [9.17, 15) is 14.3 Å². The van der Waals surface area contributed by atoms with E-state index in [1.54, 1.807) is 0 Å². The molecule has 114 valence electrons. The normalized spacial score (nSPS) is 19.8. The van der Waals surface area contributed by atoms with Gasteiger partial charge in [-0.05, 0) is 36.1 Å². The standard InChI is InChI=1S/C17H15ClFNO2/c18-13-6-3-7-14(19)15(13)16(21)20-10-17(22)9-8-11-4-1-2-5-12(11)17/h1-7,22H,8-10H2,(H,20,21). The van der Waals surface area contributed by atoms with Crippen molar-refractivity contribution in [1.82, 2.24) is 5.32 Å². The fraction of sp³-hybridized carbons (Fsp3) is 0.235. The Balaban J connectivity index is 1.77. The molecule has 1 amide bonds. The van der Waals surface area contributed by atoms with Crippen LogP contribution in [-0.4, -0.2) is 17.6 Å². The van der Waals surface area contributed by atoms with E-state index in [1.807, 2.05) is 24.3 Å². The SMILES string of the molecule is O=C(NCC1(O)CCc2ccccc21)c1c(F)cccc1Cl. The van der Waals surface area contributed by atoms with E-state index in [0.29, 0.717) is 6.42 Å². The molecule has 0 bridgehead atoms. The minimum atomic E-state index is -1.12. The third-order valence-electron chi connectivity index (χ3n) is 4.06. The van der Waals surface area contributed by atoms with Crippen molar-refractivity contribution < 1.29 is 14.3 Å². The number of fused-ring (bicyclic) bond motifs is 1. The minimum absolute atomic E-state index is 0.0213. The average Bonchev–Trinajstić information content (AvgIpc) is 2.84. The molecule has 5 heteroatoms. The number of halogens is 2. The lowest BCUT2D eigenvalue weighted by Crippen LogP contribution is -2.39. The van der Waals surface area contributed by atoms with Gasteiger partial charge in [-0.1, -0.05) is 41.9 Å². The Morgan fingerprint density at radius 3 is 2.82 bits per heavy atom. The lowest BCUT2D eigenvalue weighted by Gasteiger charge is -2.24. The van der Waals surface area contributed by atoms with Crippen LogP contribution in [0.25, 0.3) is 0 Å². The summed E-state index contributed by atoms with van der Waals surface area (Å²) in [6.07, 6.45) is 1.28. The number of carbonyl (C=O) groups is 1. The maximum atomic E-state index is 13.7. The predicted molar refractivity (Wildman–Crippen MR) is 82.4 cm³/mol. The van der Waals surface area contributed by atoms with Gasteiger partial charge in [-0.2, -0.15) is 0 Å². The summed E-state index contributed by atoms with van der Waals surface area (Å²) < 4.78 is 13.7. The lowest BCUT2D eigenvalue weighted by atomic mass is 9.96. The summed E-state index contributed by atoms with van der Waals surface area (Å²) in [4.78, 5) is 12.2. The maximum absolute atomic E-state index is 13.7. The van der Waals surface area contributed by atoms with Gasteiger partial charge in [0.25, 0.3) is 5.91 Å². The van der Waals surface area contributed by atoms with Crippen molar-refractivity contribution in [3.05, 3.63) is 70.0 Å². The highest BCUT2D eigenvalue weighted by Crippen LogP contribution is 2.36. The van der Waals surface area contributed by atoms with Crippen molar-refractivity contribution >= 4 is 17.5 Å². The first-order valence-electron chi connectivity index (χ1n) is 7.04. The maximum Gasteiger partial charge on any atom is 0.255 e. The van der Waals surface area contributed by atoms with Crippen LogP contribution in [0.2, 0.25) is 5.02 Å². The monoisotopic (exact) mass is 319 g/mol. The highest BCUT2D eigenvalue weighted by Gasteiger charge is 2.36. The van der Waals surface area contributed by atoms with E-state index >= 15 is 0 Å². The third-order valence-corrected chi connectivity index (χ3v) is 4.37. The number of carbonyl (C=O) groups excluding carboxylic acids is 1. The largest absolute Gasteiger partial charge is 0.383 e. The third kappa shape index (κ3) is 2.60. The van der Waals surface area contributed by atoms with Gasteiger partial charge in [0.05, 0.1) is 17.1 Å². The topological polar surface area (TPSA) is 49.3 Å². The van der Waals surface area contributed by atoms with Crippen LogP contribution in [0.1, 0.15) is 27.9 Å². The van der Waals surface area contributed by atoms with Crippen molar-refractivity contribution in [2.75, 3.05) is 6.54 Å². The molecule has 3 nitrogen and oxygen atoms in total. The number of hydrogen-bond acceptors (Lipinski definition) is 2. The van der Waals surface area contributed by atoms with Gasteiger partial charge in [-0.3, -0.25) is 4.79 Å². The van der Waals surface area contributed by atoms with Crippen molar-refractivity contribution in [3.63, 3.8) is 0 Å². The van der Waals surface area contributed by atoms with Crippen molar-refractivity contribution in [2.24, 2.45) is 0 Å². The predicted octanol–water partition coefficient (Wildman–Crippen LogP) is 3.04. The van der Waals surface area contributed by atoms with Gasteiger partial charge in [-0.25, -0.2) is 4.39 Å². The molecule has 22 heavy (non-hydrogen) atoms. The quantitative estimate of drug-likeness (QED) is 0.913. The van der Waals surface area contributed by atoms with E-state index in [0.717, 1.165) is 17.5 Å². The zero-order valence-electron chi connectivity index (χ0n) is 11.8. The molecule has 1 aliphatic carbocycles. The number of benzene rings is 2. The second-order valence-electron chi connectivity index (χ2n) is 5.47. The smallest absolute Gasteiger partial charge is 0.255 e. The van der Waals surface area contributed by atoms with Crippen LogP contribution in [0.3, 0.4) is 0 Å². The molecule has 2 aromatic carbocycles. The summed E-state index contributed by atoms with van der Waals surface area (Å²) >= 11 is 5.87.